The molecule has 0 spiro atoms. The zero-order valence-corrected chi connectivity index (χ0v) is 13.5. The van der Waals surface area contributed by atoms with Crippen LogP contribution in [0.2, 0.25) is 0 Å². The fraction of sp³-hybridized carbons (Fsp3) is 0.188. The number of imidazole rings is 2. The van der Waals surface area contributed by atoms with E-state index in [1.165, 1.54) is 11.8 Å². The molecule has 6 nitrogen and oxygen atoms in total. The van der Waals surface area contributed by atoms with Gasteiger partial charge in [-0.25, -0.2) is 9.97 Å². The molecule has 0 bridgehead atoms. The summed E-state index contributed by atoms with van der Waals surface area (Å²) < 4.78 is 3.83. The van der Waals surface area contributed by atoms with E-state index in [0.717, 1.165) is 16.4 Å². The van der Waals surface area contributed by atoms with Crippen molar-refractivity contribution in [1.82, 2.24) is 24.4 Å². The van der Waals surface area contributed by atoms with Gasteiger partial charge < -0.3 is 14.5 Å². The minimum Gasteiger partial charge on any atom is -0.351 e. The van der Waals surface area contributed by atoms with E-state index >= 15 is 0 Å². The van der Waals surface area contributed by atoms with E-state index in [1.54, 1.807) is 18.7 Å². The molecule has 7 heteroatoms. The van der Waals surface area contributed by atoms with Crippen molar-refractivity contribution in [3.8, 4) is 5.69 Å². The molecular formula is C16H17N5OS. The normalized spacial score (nSPS) is 10.7. The van der Waals surface area contributed by atoms with Crippen LogP contribution in [-0.4, -0.2) is 30.8 Å². The zero-order valence-electron chi connectivity index (χ0n) is 12.7. The first-order chi connectivity index (χ1) is 11.2. The van der Waals surface area contributed by atoms with Crippen molar-refractivity contribution in [3.05, 3.63) is 60.9 Å². The van der Waals surface area contributed by atoms with Gasteiger partial charge in [-0.3, -0.25) is 4.79 Å². The molecule has 2 aromatic heterocycles. The Kier molecular flexibility index (Phi) is 4.77. The van der Waals surface area contributed by atoms with Crippen LogP contribution in [-0.2, 0) is 18.4 Å². The summed E-state index contributed by atoms with van der Waals surface area (Å²) in [5, 5.41) is 3.79. The van der Waals surface area contributed by atoms with Gasteiger partial charge in [-0.15, -0.1) is 0 Å². The quantitative estimate of drug-likeness (QED) is 0.704. The average molecular weight is 327 g/mol. The lowest BCUT2D eigenvalue weighted by atomic mass is 10.1. The third kappa shape index (κ3) is 3.81. The lowest BCUT2D eigenvalue weighted by molar-refractivity contribution is -0.118. The van der Waals surface area contributed by atoms with Crippen LogP contribution in [0, 0.1) is 0 Å². The number of aromatic nitrogens is 4. The van der Waals surface area contributed by atoms with Crippen LogP contribution in [0.4, 0.5) is 0 Å². The summed E-state index contributed by atoms with van der Waals surface area (Å²) >= 11 is 1.42. The van der Waals surface area contributed by atoms with E-state index in [2.05, 4.69) is 15.3 Å². The molecule has 118 valence electrons. The summed E-state index contributed by atoms with van der Waals surface area (Å²) in [5.74, 6) is 0.330. The first-order valence-electron chi connectivity index (χ1n) is 7.17. The van der Waals surface area contributed by atoms with Crippen molar-refractivity contribution < 1.29 is 4.79 Å². The van der Waals surface area contributed by atoms with Crippen molar-refractivity contribution in [1.29, 1.82) is 0 Å². The summed E-state index contributed by atoms with van der Waals surface area (Å²) in [6, 6.07) is 7.94. The maximum absolute atomic E-state index is 12.0. The Bertz CT molecular complexity index is 781. The maximum atomic E-state index is 12.0. The predicted octanol–water partition coefficient (Wildman–Crippen LogP) is 2.01. The molecule has 1 aromatic carbocycles. The number of amides is 1. The Morgan fingerprint density at radius 1 is 1.26 bits per heavy atom. The molecular weight excluding hydrogens is 310 g/mol. The predicted molar refractivity (Wildman–Crippen MR) is 89.3 cm³/mol. The van der Waals surface area contributed by atoms with E-state index in [9.17, 15) is 4.79 Å². The molecule has 0 atom stereocenters. The number of nitrogens with one attached hydrogen (secondary N) is 1. The van der Waals surface area contributed by atoms with Crippen LogP contribution in [0.15, 0.2) is 60.5 Å². The summed E-state index contributed by atoms with van der Waals surface area (Å²) in [6.07, 6.45) is 8.96. The molecule has 3 rings (SSSR count). The molecule has 2 heterocycles. The minimum absolute atomic E-state index is 0.0153. The highest BCUT2D eigenvalue weighted by atomic mass is 32.2. The monoisotopic (exact) mass is 327 g/mol. The minimum atomic E-state index is -0.0153. The Labute approximate surface area is 138 Å². The SMILES string of the molecule is Cn1ccnc1SCC(=O)NCc1ccccc1-n1ccnc1. The summed E-state index contributed by atoms with van der Waals surface area (Å²) in [5.41, 5.74) is 2.06. The highest BCUT2D eigenvalue weighted by Crippen LogP contribution is 2.15. The summed E-state index contributed by atoms with van der Waals surface area (Å²) in [7, 11) is 1.91. The van der Waals surface area contributed by atoms with Gasteiger partial charge in [-0.05, 0) is 11.6 Å². The standard InChI is InChI=1S/C16H17N5OS/c1-20-8-7-18-16(20)23-11-15(22)19-10-13-4-2-3-5-14(13)21-9-6-17-12-21/h2-9,12H,10-11H2,1H3,(H,19,22). The zero-order chi connectivity index (χ0) is 16.1. The Balaban J connectivity index is 1.58. The topological polar surface area (TPSA) is 64.7 Å². The van der Waals surface area contributed by atoms with Crippen LogP contribution in [0.5, 0.6) is 0 Å². The molecule has 1 N–H and O–H groups in total. The van der Waals surface area contributed by atoms with Crippen LogP contribution >= 0.6 is 11.8 Å². The van der Waals surface area contributed by atoms with Crippen LogP contribution in [0.25, 0.3) is 5.69 Å². The number of rotatable bonds is 6. The second kappa shape index (κ2) is 7.15. The molecule has 0 saturated carbocycles. The molecule has 0 aliphatic rings. The second-order valence-corrected chi connectivity index (χ2v) is 5.93. The molecule has 1 amide bonds. The van der Waals surface area contributed by atoms with Gasteiger partial charge in [-0.2, -0.15) is 0 Å². The summed E-state index contributed by atoms with van der Waals surface area (Å²) in [4.78, 5) is 20.3. The van der Waals surface area contributed by atoms with Gasteiger partial charge in [0.15, 0.2) is 5.16 Å². The molecule has 3 aromatic rings. The lowest BCUT2D eigenvalue weighted by Gasteiger charge is -2.11. The number of nitrogens with zero attached hydrogens (tertiary/aromatic N) is 4. The molecule has 0 aliphatic heterocycles. The first-order valence-corrected chi connectivity index (χ1v) is 8.15. The summed E-state index contributed by atoms with van der Waals surface area (Å²) in [6.45, 7) is 0.480. The van der Waals surface area contributed by atoms with Crippen LogP contribution in [0.3, 0.4) is 0 Å². The van der Waals surface area contributed by atoms with E-state index in [4.69, 9.17) is 0 Å². The molecule has 0 saturated heterocycles. The Hall–Kier alpha value is -2.54. The van der Waals surface area contributed by atoms with E-state index in [-0.39, 0.29) is 5.91 Å². The molecule has 0 radical (unpaired) electrons. The number of para-hydroxylation sites is 1. The Morgan fingerprint density at radius 2 is 2.13 bits per heavy atom. The van der Waals surface area contributed by atoms with E-state index < -0.39 is 0 Å². The third-order valence-electron chi connectivity index (χ3n) is 3.36. The smallest absolute Gasteiger partial charge is 0.230 e. The first kappa shape index (κ1) is 15.4. The van der Waals surface area contributed by atoms with Gasteiger partial charge in [0.05, 0.1) is 17.8 Å². The molecule has 23 heavy (non-hydrogen) atoms. The van der Waals surface area contributed by atoms with Crippen LogP contribution < -0.4 is 5.32 Å². The fourth-order valence-electron chi connectivity index (χ4n) is 2.18. The van der Waals surface area contributed by atoms with Crippen molar-refractivity contribution in [2.75, 3.05) is 5.75 Å². The largest absolute Gasteiger partial charge is 0.351 e. The van der Waals surface area contributed by atoms with Gasteiger partial charge in [-0.1, -0.05) is 30.0 Å². The number of thioether (sulfide) groups is 1. The van der Waals surface area contributed by atoms with Gasteiger partial charge in [0.1, 0.15) is 0 Å². The fourth-order valence-corrected chi connectivity index (χ4v) is 2.94. The van der Waals surface area contributed by atoms with Crippen LogP contribution in [0.1, 0.15) is 5.56 Å². The van der Waals surface area contributed by atoms with Crippen molar-refractivity contribution >= 4 is 17.7 Å². The van der Waals surface area contributed by atoms with Gasteiger partial charge >= 0.3 is 0 Å². The molecule has 0 aliphatic carbocycles. The number of carbonyl (C=O) groups excluding carboxylic acids is 1. The van der Waals surface area contributed by atoms with Crippen molar-refractivity contribution in [3.63, 3.8) is 0 Å². The molecule has 0 unspecified atom stereocenters. The lowest BCUT2D eigenvalue weighted by Crippen LogP contribution is -2.25. The second-order valence-electron chi connectivity index (χ2n) is 4.98. The number of hydrogen-bond acceptors (Lipinski definition) is 4. The number of benzene rings is 1. The van der Waals surface area contributed by atoms with Crippen molar-refractivity contribution in [2.45, 2.75) is 11.7 Å². The Morgan fingerprint density at radius 3 is 2.87 bits per heavy atom. The number of carbonyl (C=O) groups is 1. The third-order valence-corrected chi connectivity index (χ3v) is 4.42. The van der Waals surface area contributed by atoms with Gasteiger partial charge in [0.25, 0.3) is 0 Å². The average Bonchev–Trinajstić information content (AvgIpc) is 3.23. The highest BCUT2D eigenvalue weighted by molar-refractivity contribution is 7.99. The number of hydrogen-bond donors (Lipinski definition) is 1. The van der Waals surface area contributed by atoms with Gasteiger partial charge in [0, 0.05) is 38.4 Å². The van der Waals surface area contributed by atoms with Crippen molar-refractivity contribution in [2.24, 2.45) is 7.05 Å². The maximum Gasteiger partial charge on any atom is 0.230 e. The highest BCUT2D eigenvalue weighted by Gasteiger charge is 2.08. The van der Waals surface area contributed by atoms with Gasteiger partial charge in [0.2, 0.25) is 5.91 Å². The molecule has 0 fully saturated rings. The number of aryl methyl sites for hydroxylation is 1. The van der Waals surface area contributed by atoms with E-state index in [1.807, 2.05) is 52.8 Å². The van der Waals surface area contributed by atoms with E-state index in [0.29, 0.717) is 12.3 Å².